The third-order valence-electron chi connectivity index (χ3n) is 3.63. The summed E-state index contributed by atoms with van der Waals surface area (Å²) in [6.07, 6.45) is 4.27. The third kappa shape index (κ3) is 6.73. The highest BCUT2D eigenvalue weighted by atomic mass is 16.3. The topological polar surface area (TPSA) is 67.2 Å². The van der Waals surface area contributed by atoms with Crippen LogP contribution in [0.1, 0.15) is 77.0 Å². The Morgan fingerprint density at radius 3 is 2.43 bits per heavy atom. The van der Waals surface area contributed by atoms with Gasteiger partial charge in [-0.15, -0.1) is 0 Å². The third-order valence-corrected chi connectivity index (χ3v) is 3.63. The molecule has 1 amide bonds. The van der Waals surface area contributed by atoms with Gasteiger partial charge in [0, 0.05) is 12.2 Å². The fourth-order valence-corrected chi connectivity index (χ4v) is 2.37. The molecule has 1 heterocycles. The molecule has 132 valence electrons. The molecule has 0 unspecified atom stereocenters. The molecular weight excluding hydrogens is 290 g/mol. The summed E-state index contributed by atoms with van der Waals surface area (Å²) in [5.74, 6) is -0.228. The summed E-state index contributed by atoms with van der Waals surface area (Å²) < 4.78 is 1.97. The van der Waals surface area contributed by atoms with Gasteiger partial charge < -0.3 is 10.4 Å². The minimum absolute atomic E-state index is 0.106. The van der Waals surface area contributed by atoms with Crippen molar-refractivity contribution in [2.45, 2.75) is 79.3 Å². The van der Waals surface area contributed by atoms with Gasteiger partial charge in [0.2, 0.25) is 0 Å². The van der Waals surface area contributed by atoms with Crippen molar-refractivity contribution in [2.24, 2.45) is 5.41 Å². The highest BCUT2D eigenvalue weighted by Gasteiger charge is 2.24. The number of hydrogen-bond acceptors (Lipinski definition) is 3. The number of amides is 1. The van der Waals surface area contributed by atoms with Gasteiger partial charge in [0.25, 0.3) is 5.91 Å². The van der Waals surface area contributed by atoms with Crippen LogP contribution < -0.4 is 5.32 Å². The summed E-state index contributed by atoms with van der Waals surface area (Å²) in [6.45, 7) is 13.1. The van der Waals surface area contributed by atoms with Crippen LogP contribution in [0.25, 0.3) is 0 Å². The normalized spacial score (nSPS) is 12.5. The standard InChI is InChI=1S/C18H33N3O2/c1-7-8-9-10-21-14(12-17(2,3)4)11-15(20-21)16(23)19-18(5,6)13-22/h11,22H,7-10,12-13H2,1-6H3,(H,19,23). The first-order valence-electron chi connectivity index (χ1n) is 8.58. The Morgan fingerprint density at radius 1 is 1.26 bits per heavy atom. The Balaban J connectivity index is 2.96. The number of aliphatic hydroxyl groups is 1. The summed E-state index contributed by atoms with van der Waals surface area (Å²) in [5, 5.41) is 16.6. The molecule has 0 atom stereocenters. The van der Waals surface area contributed by atoms with Crippen molar-refractivity contribution in [3.63, 3.8) is 0 Å². The van der Waals surface area contributed by atoms with Crippen LogP contribution in [-0.2, 0) is 13.0 Å². The number of aryl methyl sites for hydroxylation is 1. The molecular formula is C18H33N3O2. The molecule has 0 aromatic carbocycles. The van der Waals surface area contributed by atoms with Gasteiger partial charge in [-0.2, -0.15) is 5.10 Å². The van der Waals surface area contributed by atoms with E-state index in [1.165, 1.54) is 0 Å². The molecule has 1 aromatic rings. The average Bonchev–Trinajstić information content (AvgIpc) is 2.80. The second kappa shape index (κ2) is 7.95. The maximum atomic E-state index is 12.4. The number of rotatable bonds is 8. The van der Waals surface area contributed by atoms with Gasteiger partial charge in [-0.3, -0.25) is 9.48 Å². The van der Waals surface area contributed by atoms with Crippen LogP contribution in [0.15, 0.2) is 6.07 Å². The molecule has 23 heavy (non-hydrogen) atoms. The van der Waals surface area contributed by atoms with Gasteiger partial charge in [0.15, 0.2) is 0 Å². The van der Waals surface area contributed by atoms with E-state index in [4.69, 9.17) is 0 Å². The van der Waals surface area contributed by atoms with Crippen LogP contribution >= 0.6 is 0 Å². The number of unbranched alkanes of at least 4 members (excludes halogenated alkanes) is 2. The lowest BCUT2D eigenvalue weighted by Crippen LogP contribution is -2.46. The molecule has 1 rings (SSSR count). The number of hydrogen-bond donors (Lipinski definition) is 2. The molecule has 0 bridgehead atoms. The minimum Gasteiger partial charge on any atom is -0.394 e. The minimum atomic E-state index is -0.646. The monoisotopic (exact) mass is 323 g/mol. The molecule has 0 fully saturated rings. The van der Waals surface area contributed by atoms with Crippen molar-refractivity contribution in [3.05, 3.63) is 17.5 Å². The number of carbonyl (C=O) groups is 1. The lowest BCUT2D eigenvalue weighted by atomic mass is 9.90. The van der Waals surface area contributed by atoms with Gasteiger partial charge in [-0.1, -0.05) is 40.5 Å². The smallest absolute Gasteiger partial charge is 0.272 e. The highest BCUT2D eigenvalue weighted by Crippen LogP contribution is 2.22. The van der Waals surface area contributed by atoms with Gasteiger partial charge in [0.05, 0.1) is 12.1 Å². The second-order valence-electron chi connectivity index (χ2n) is 8.18. The zero-order valence-electron chi connectivity index (χ0n) is 15.6. The van der Waals surface area contributed by atoms with Crippen LogP contribution in [-0.4, -0.2) is 32.9 Å². The lowest BCUT2D eigenvalue weighted by Gasteiger charge is -2.22. The first-order chi connectivity index (χ1) is 10.6. The van der Waals surface area contributed by atoms with Crippen LogP contribution in [0.2, 0.25) is 0 Å². The number of aliphatic hydroxyl groups excluding tert-OH is 1. The Bertz CT molecular complexity index is 513. The molecule has 0 aliphatic rings. The van der Waals surface area contributed by atoms with Crippen LogP contribution in [0.3, 0.4) is 0 Å². The fourth-order valence-electron chi connectivity index (χ4n) is 2.37. The molecule has 0 aliphatic heterocycles. The summed E-state index contributed by atoms with van der Waals surface area (Å²) in [4.78, 5) is 12.4. The quantitative estimate of drug-likeness (QED) is 0.722. The first kappa shape index (κ1) is 19.7. The molecule has 5 heteroatoms. The van der Waals surface area contributed by atoms with E-state index in [9.17, 15) is 9.90 Å². The number of carbonyl (C=O) groups excluding carboxylic acids is 1. The van der Waals surface area contributed by atoms with E-state index >= 15 is 0 Å². The predicted octanol–water partition coefficient (Wildman–Crippen LogP) is 3.16. The Morgan fingerprint density at radius 2 is 1.91 bits per heavy atom. The van der Waals surface area contributed by atoms with Crippen molar-refractivity contribution in [2.75, 3.05) is 6.61 Å². The van der Waals surface area contributed by atoms with Crippen LogP contribution in [0.4, 0.5) is 0 Å². The van der Waals surface area contributed by atoms with Gasteiger partial charge in [0.1, 0.15) is 5.69 Å². The van der Waals surface area contributed by atoms with E-state index in [0.717, 1.165) is 37.9 Å². The number of nitrogens with one attached hydrogen (secondary N) is 1. The highest BCUT2D eigenvalue weighted by molar-refractivity contribution is 5.92. The van der Waals surface area contributed by atoms with Crippen molar-refractivity contribution < 1.29 is 9.90 Å². The summed E-state index contributed by atoms with van der Waals surface area (Å²) in [7, 11) is 0. The summed E-state index contributed by atoms with van der Waals surface area (Å²) >= 11 is 0. The van der Waals surface area contributed by atoms with Crippen LogP contribution in [0, 0.1) is 5.41 Å². The molecule has 5 nitrogen and oxygen atoms in total. The van der Waals surface area contributed by atoms with E-state index < -0.39 is 5.54 Å². The van der Waals surface area contributed by atoms with Gasteiger partial charge in [-0.05, 0) is 38.2 Å². The first-order valence-corrected chi connectivity index (χ1v) is 8.58. The average molecular weight is 323 g/mol. The maximum Gasteiger partial charge on any atom is 0.272 e. The summed E-state index contributed by atoms with van der Waals surface area (Å²) in [5.41, 5.74) is 1.02. The van der Waals surface area contributed by atoms with E-state index in [1.54, 1.807) is 13.8 Å². The van der Waals surface area contributed by atoms with Gasteiger partial charge >= 0.3 is 0 Å². The number of nitrogens with zero attached hydrogens (tertiary/aromatic N) is 2. The maximum absolute atomic E-state index is 12.4. The molecule has 0 aliphatic carbocycles. The van der Waals surface area contributed by atoms with Gasteiger partial charge in [-0.25, -0.2) is 0 Å². The second-order valence-corrected chi connectivity index (χ2v) is 8.18. The van der Waals surface area contributed by atoms with Crippen molar-refractivity contribution in [3.8, 4) is 0 Å². The van der Waals surface area contributed by atoms with Crippen LogP contribution in [0.5, 0.6) is 0 Å². The van der Waals surface area contributed by atoms with Crippen molar-refractivity contribution >= 4 is 5.91 Å². The van der Waals surface area contributed by atoms with E-state index in [2.05, 4.69) is 38.1 Å². The zero-order valence-corrected chi connectivity index (χ0v) is 15.6. The molecule has 0 radical (unpaired) electrons. The zero-order chi connectivity index (χ0) is 17.7. The Hall–Kier alpha value is -1.36. The molecule has 2 N–H and O–H groups in total. The Kier molecular flexibility index (Phi) is 6.81. The Labute approximate surface area is 140 Å². The van der Waals surface area contributed by atoms with Crippen molar-refractivity contribution in [1.29, 1.82) is 0 Å². The lowest BCUT2D eigenvalue weighted by molar-refractivity contribution is 0.0863. The number of aromatic nitrogens is 2. The van der Waals surface area contributed by atoms with E-state index in [-0.39, 0.29) is 17.9 Å². The fraction of sp³-hybridized carbons (Fsp3) is 0.778. The molecule has 0 saturated heterocycles. The largest absolute Gasteiger partial charge is 0.394 e. The van der Waals surface area contributed by atoms with E-state index in [0.29, 0.717) is 5.69 Å². The van der Waals surface area contributed by atoms with Crippen molar-refractivity contribution in [1.82, 2.24) is 15.1 Å². The van der Waals surface area contributed by atoms with E-state index in [1.807, 2.05) is 10.7 Å². The summed E-state index contributed by atoms with van der Waals surface area (Å²) in [6, 6.07) is 1.89. The molecule has 0 saturated carbocycles. The SMILES string of the molecule is CCCCCn1nc(C(=O)NC(C)(C)CO)cc1CC(C)(C)C. The predicted molar refractivity (Wildman–Crippen MR) is 93.5 cm³/mol. The molecule has 1 aromatic heterocycles. The molecule has 0 spiro atoms.